The van der Waals surface area contributed by atoms with Gasteiger partial charge < -0.3 is 0 Å². The van der Waals surface area contributed by atoms with Crippen LogP contribution in [-0.2, 0) is 6.42 Å². The molecule has 0 fully saturated rings. The molecule has 1 aliphatic rings. The number of hydrogen-bond acceptors (Lipinski definition) is 3. The van der Waals surface area contributed by atoms with Gasteiger partial charge in [0, 0.05) is 16.7 Å². The molecule has 0 N–H and O–H groups in total. The van der Waals surface area contributed by atoms with E-state index < -0.39 is 0 Å². The minimum absolute atomic E-state index is 0.118. The molecule has 0 spiro atoms. The average molecular weight is 338 g/mol. The summed E-state index contributed by atoms with van der Waals surface area (Å²) in [5.74, 6) is -0.118. The zero-order valence-corrected chi connectivity index (χ0v) is 14.3. The summed E-state index contributed by atoms with van der Waals surface area (Å²) in [7, 11) is 0. The molecule has 0 bridgehead atoms. The van der Waals surface area contributed by atoms with Crippen molar-refractivity contribution in [2.24, 2.45) is 10.2 Å². The molecular formula is C23H18N2O. The predicted molar refractivity (Wildman–Crippen MR) is 105 cm³/mol. The van der Waals surface area contributed by atoms with Crippen LogP contribution < -0.4 is 0 Å². The number of carbonyl (C=O) groups excluding carboxylic acids is 1. The molecular weight excluding hydrogens is 320 g/mol. The van der Waals surface area contributed by atoms with E-state index in [-0.39, 0.29) is 5.78 Å². The minimum atomic E-state index is -0.118. The third kappa shape index (κ3) is 3.24. The fourth-order valence-electron chi connectivity index (χ4n) is 3.18. The summed E-state index contributed by atoms with van der Waals surface area (Å²) in [5, 5.41) is 8.88. The predicted octanol–water partition coefficient (Wildman–Crippen LogP) is 4.71. The first-order valence-corrected chi connectivity index (χ1v) is 8.71. The van der Waals surface area contributed by atoms with E-state index in [2.05, 4.69) is 22.3 Å². The summed E-state index contributed by atoms with van der Waals surface area (Å²) in [4.78, 5) is 13.0. The van der Waals surface area contributed by atoms with E-state index in [0.29, 0.717) is 11.3 Å². The normalized spacial score (nSPS) is 15.1. The molecule has 0 saturated carbocycles. The topological polar surface area (TPSA) is 41.8 Å². The Balaban J connectivity index is 1.76. The molecule has 3 aromatic rings. The minimum Gasteiger partial charge on any atom is -0.287 e. The van der Waals surface area contributed by atoms with Crippen LogP contribution in [-0.4, -0.2) is 17.2 Å². The first-order chi connectivity index (χ1) is 12.8. The molecule has 126 valence electrons. The lowest BCUT2D eigenvalue weighted by Gasteiger charge is -2.05. The molecule has 0 atom stereocenters. The van der Waals surface area contributed by atoms with Crippen LogP contribution in [0.25, 0.3) is 0 Å². The third-order valence-electron chi connectivity index (χ3n) is 4.53. The molecule has 3 heteroatoms. The van der Waals surface area contributed by atoms with E-state index in [0.717, 1.165) is 29.7 Å². The number of rotatable bonds is 4. The number of ketones is 1. The van der Waals surface area contributed by atoms with Gasteiger partial charge in [0.1, 0.15) is 5.71 Å². The lowest BCUT2D eigenvalue weighted by molar-refractivity contribution is 0.106. The van der Waals surface area contributed by atoms with Crippen molar-refractivity contribution in [2.45, 2.75) is 12.8 Å². The Kier molecular flexibility index (Phi) is 4.52. The summed E-state index contributed by atoms with van der Waals surface area (Å²) in [5.41, 5.74) is 5.12. The molecule has 4 rings (SSSR count). The molecule has 1 aliphatic carbocycles. The largest absolute Gasteiger partial charge is 0.287 e. The van der Waals surface area contributed by atoms with Gasteiger partial charge in [0.05, 0.1) is 5.71 Å². The second kappa shape index (κ2) is 7.28. The molecule has 0 saturated heterocycles. The molecule has 3 aromatic carbocycles. The number of carbonyl (C=O) groups is 1. The maximum atomic E-state index is 13.0. The van der Waals surface area contributed by atoms with E-state index >= 15 is 0 Å². The fourth-order valence-corrected chi connectivity index (χ4v) is 3.18. The van der Waals surface area contributed by atoms with Crippen molar-refractivity contribution in [2.75, 3.05) is 0 Å². The lowest BCUT2D eigenvalue weighted by Crippen LogP contribution is -2.15. The number of hydrogen-bond donors (Lipinski definition) is 0. The van der Waals surface area contributed by atoms with E-state index in [1.807, 2.05) is 60.7 Å². The Morgan fingerprint density at radius 1 is 0.692 bits per heavy atom. The Hall–Kier alpha value is -3.33. The summed E-state index contributed by atoms with van der Waals surface area (Å²) in [6, 6.07) is 27.0. The molecule has 3 nitrogen and oxygen atoms in total. The number of benzene rings is 3. The van der Waals surface area contributed by atoms with E-state index in [1.165, 1.54) is 5.56 Å². The summed E-state index contributed by atoms with van der Waals surface area (Å²) in [6.45, 7) is 0. The van der Waals surface area contributed by atoms with Gasteiger partial charge in [-0.25, -0.2) is 0 Å². The third-order valence-corrected chi connectivity index (χ3v) is 4.53. The van der Waals surface area contributed by atoms with Crippen molar-refractivity contribution in [3.63, 3.8) is 0 Å². The van der Waals surface area contributed by atoms with Gasteiger partial charge in [0.2, 0.25) is 5.78 Å². The van der Waals surface area contributed by atoms with Gasteiger partial charge in [-0.1, -0.05) is 84.9 Å². The molecule has 0 heterocycles. The Morgan fingerprint density at radius 3 is 2.04 bits per heavy atom. The van der Waals surface area contributed by atoms with Crippen LogP contribution in [0.1, 0.15) is 33.5 Å². The maximum absolute atomic E-state index is 13.0. The number of aryl methyl sites for hydroxylation is 1. The van der Waals surface area contributed by atoms with E-state index in [4.69, 9.17) is 0 Å². The van der Waals surface area contributed by atoms with Crippen LogP contribution in [0.4, 0.5) is 0 Å². The Labute approximate surface area is 152 Å². The van der Waals surface area contributed by atoms with Crippen LogP contribution in [0.5, 0.6) is 0 Å². The Morgan fingerprint density at radius 2 is 1.31 bits per heavy atom. The quantitative estimate of drug-likeness (QED) is 0.386. The Bertz CT molecular complexity index is 989. The first-order valence-electron chi connectivity index (χ1n) is 8.71. The highest BCUT2D eigenvalue weighted by Crippen LogP contribution is 2.22. The highest BCUT2D eigenvalue weighted by Gasteiger charge is 2.19. The highest BCUT2D eigenvalue weighted by atomic mass is 16.1. The SMILES string of the molecule is O=C(/C(=N\N=C1\CCc2ccccc21)c1ccccc1)c1ccccc1. The number of nitrogens with zero attached hydrogens (tertiary/aromatic N) is 2. The van der Waals surface area contributed by atoms with Crippen molar-refractivity contribution in [3.8, 4) is 0 Å². The van der Waals surface area contributed by atoms with Gasteiger partial charge in [-0.05, 0) is 18.4 Å². The number of Topliss-reactive ketones (excluding diaryl/α,β-unsaturated/α-hetero) is 1. The lowest BCUT2D eigenvalue weighted by atomic mass is 10.0. The maximum Gasteiger partial charge on any atom is 0.213 e. The highest BCUT2D eigenvalue weighted by molar-refractivity contribution is 6.51. The average Bonchev–Trinajstić information content (AvgIpc) is 3.13. The van der Waals surface area contributed by atoms with Crippen LogP contribution >= 0.6 is 0 Å². The van der Waals surface area contributed by atoms with Crippen molar-refractivity contribution in [1.82, 2.24) is 0 Å². The molecule has 26 heavy (non-hydrogen) atoms. The second-order valence-electron chi connectivity index (χ2n) is 6.21. The molecule has 0 radical (unpaired) electrons. The van der Waals surface area contributed by atoms with Gasteiger partial charge in [-0.2, -0.15) is 5.10 Å². The van der Waals surface area contributed by atoms with Crippen molar-refractivity contribution in [3.05, 3.63) is 107 Å². The van der Waals surface area contributed by atoms with Crippen molar-refractivity contribution >= 4 is 17.2 Å². The van der Waals surface area contributed by atoms with Crippen LogP contribution in [0.15, 0.2) is 95.1 Å². The van der Waals surface area contributed by atoms with Gasteiger partial charge in [-0.15, -0.1) is 5.10 Å². The second-order valence-corrected chi connectivity index (χ2v) is 6.21. The van der Waals surface area contributed by atoms with Crippen LogP contribution in [0.2, 0.25) is 0 Å². The standard InChI is InChI=1S/C23H18N2O/c26-23(19-12-5-2-6-13-19)22(18-10-3-1-4-11-18)25-24-21-16-15-17-9-7-8-14-20(17)21/h1-14H,15-16H2/b24-21-,25-22-. The van der Waals surface area contributed by atoms with E-state index in [9.17, 15) is 4.79 Å². The molecule has 0 amide bonds. The van der Waals surface area contributed by atoms with Crippen LogP contribution in [0, 0.1) is 0 Å². The molecule has 0 aliphatic heterocycles. The fraction of sp³-hybridized carbons (Fsp3) is 0.0870. The monoisotopic (exact) mass is 338 g/mol. The summed E-state index contributed by atoms with van der Waals surface area (Å²) >= 11 is 0. The molecule has 0 unspecified atom stereocenters. The van der Waals surface area contributed by atoms with Gasteiger partial charge in [-0.3, -0.25) is 4.79 Å². The van der Waals surface area contributed by atoms with Gasteiger partial charge in [0.15, 0.2) is 0 Å². The van der Waals surface area contributed by atoms with Crippen molar-refractivity contribution < 1.29 is 4.79 Å². The summed E-state index contributed by atoms with van der Waals surface area (Å²) in [6.07, 6.45) is 1.82. The van der Waals surface area contributed by atoms with E-state index in [1.54, 1.807) is 12.1 Å². The zero-order chi connectivity index (χ0) is 17.8. The number of fused-ring (bicyclic) bond motifs is 1. The smallest absolute Gasteiger partial charge is 0.213 e. The van der Waals surface area contributed by atoms with Gasteiger partial charge >= 0.3 is 0 Å². The van der Waals surface area contributed by atoms with Crippen molar-refractivity contribution in [1.29, 1.82) is 0 Å². The zero-order valence-electron chi connectivity index (χ0n) is 14.3. The summed E-state index contributed by atoms with van der Waals surface area (Å²) < 4.78 is 0. The first kappa shape index (κ1) is 16.2. The van der Waals surface area contributed by atoms with Gasteiger partial charge in [0.25, 0.3) is 0 Å². The van der Waals surface area contributed by atoms with Crippen LogP contribution in [0.3, 0.4) is 0 Å². The molecule has 0 aromatic heterocycles.